The van der Waals surface area contributed by atoms with E-state index in [0.29, 0.717) is 22.1 Å². The summed E-state index contributed by atoms with van der Waals surface area (Å²) in [6, 6.07) is 9.14. The van der Waals surface area contributed by atoms with Gasteiger partial charge in [0.2, 0.25) is 0 Å². The van der Waals surface area contributed by atoms with Gasteiger partial charge in [-0.05, 0) is 18.2 Å². The molecule has 3 aromatic rings. The number of benzene rings is 1. The van der Waals surface area contributed by atoms with Crippen molar-refractivity contribution in [2.45, 2.75) is 10.9 Å². The Morgan fingerprint density at radius 1 is 1.15 bits per heavy atom. The zero-order valence-corrected chi connectivity index (χ0v) is 11.7. The molecule has 0 unspecified atom stereocenters. The minimum Gasteiger partial charge on any atom is -0.299 e. The van der Waals surface area contributed by atoms with Crippen molar-refractivity contribution in [3.8, 4) is 0 Å². The van der Waals surface area contributed by atoms with E-state index in [1.165, 1.54) is 11.8 Å². The highest BCUT2D eigenvalue weighted by Gasteiger charge is 2.08. The average molecular weight is 284 g/mol. The standard InChI is InChI=1S/C14H12N4OS/c1-18-12(9-20-14-15-7-4-8-16-14)17-11-6-3-2-5-10(11)13(18)19/h2-8H,9H2,1H3. The summed E-state index contributed by atoms with van der Waals surface area (Å²) in [6.07, 6.45) is 3.39. The van der Waals surface area contributed by atoms with Crippen molar-refractivity contribution in [3.63, 3.8) is 0 Å². The van der Waals surface area contributed by atoms with Crippen LogP contribution in [0.25, 0.3) is 10.9 Å². The molecule has 0 spiro atoms. The molecule has 5 nitrogen and oxygen atoms in total. The van der Waals surface area contributed by atoms with Crippen LogP contribution in [0.5, 0.6) is 0 Å². The number of rotatable bonds is 3. The van der Waals surface area contributed by atoms with Crippen molar-refractivity contribution in [1.29, 1.82) is 0 Å². The number of thioether (sulfide) groups is 1. The average Bonchev–Trinajstić information content (AvgIpc) is 2.50. The zero-order valence-electron chi connectivity index (χ0n) is 10.9. The molecule has 100 valence electrons. The van der Waals surface area contributed by atoms with Crippen LogP contribution in [0.2, 0.25) is 0 Å². The fourth-order valence-corrected chi connectivity index (χ4v) is 2.67. The van der Waals surface area contributed by atoms with Gasteiger partial charge in [-0.15, -0.1) is 0 Å². The van der Waals surface area contributed by atoms with Crippen LogP contribution in [-0.4, -0.2) is 19.5 Å². The maximum Gasteiger partial charge on any atom is 0.261 e. The molecule has 0 saturated carbocycles. The molecule has 0 bridgehead atoms. The first-order chi connectivity index (χ1) is 9.75. The molecule has 0 aliphatic heterocycles. The third-order valence-electron chi connectivity index (χ3n) is 2.95. The van der Waals surface area contributed by atoms with E-state index in [4.69, 9.17) is 0 Å². The molecule has 0 aliphatic carbocycles. The first-order valence-corrected chi connectivity index (χ1v) is 7.09. The third-order valence-corrected chi connectivity index (χ3v) is 3.82. The molecule has 3 rings (SSSR count). The SMILES string of the molecule is Cn1c(CSc2ncccn2)nc2ccccc2c1=O. The van der Waals surface area contributed by atoms with Gasteiger partial charge in [-0.3, -0.25) is 9.36 Å². The molecule has 2 aromatic heterocycles. The van der Waals surface area contributed by atoms with Crippen LogP contribution in [0.1, 0.15) is 5.82 Å². The van der Waals surface area contributed by atoms with Crippen molar-refractivity contribution in [1.82, 2.24) is 19.5 Å². The van der Waals surface area contributed by atoms with Gasteiger partial charge in [0.15, 0.2) is 5.16 Å². The molecule has 0 N–H and O–H groups in total. The predicted octanol–water partition coefficient (Wildman–Crippen LogP) is 2.02. The van der Waals surface area contributed by atoms with E-state index < -0.39 is 0 Å². The van der Waals surface area contributed by atoms with Crippen molar-refractivity contribution in [2.75, 3.05) is 0 Å². The van der Waals surface area contributed by atoms with Gasteiger partial charge in [-0.25, -0.2) is 15.0 Å². The smallest absolute Gasteiger partial charge is 0.261 e. The summed E-state index contributed by atoms with van der Waals surface area (Å²) in [5.41, 5.74) is 0.695. The number of aromatic nitrogens is 4. The fourth-order valence-electron chi connectivity index (χ4n) is 1.88. The molecular formula is C14H12N4OS. The van der Waals surface area contributed by atoms with E-state index in [-0.39, 0.29) is 5.56 Å². The Morgan fingerprint density at radius 3 is 2.70 bits per heavy atom. The van der Waals surface area contributed by atoms with E-state index in [1.807, 2.05) is 18.2 Å². The molecule has 0 radical (unpaired) electrons. The first-order valence-electron chi connectivity index (χ1n) is 6.10. The maximum atomic E-state index is 12.2. The van der Waals surface area contributed by atoms with Crippen LogP contribution in [0.3, 0.4) is 0 Å². The number of para-hydroxylation sites is 1. The summed E-state index contributed by atoms with van der Waals surface area (Å²) >= 11 is 1.46. The van der Waals surface area contributed by atoms with E-state index in [0.717, 1.165) is 5.52 Å². The Morgan fingerprint density at radius 2 is 1.90 bits per heavy atom. The van der Waals surface area contributed by atoms with Crippen LogP contribution < -0.4 is 5.56 Å². The Labute approximate surface area is 119 Å². The molecule has 0 fully saturated rings. The largest absolute Gasteiger partial charge is 0.299 e. The summed E-state index contributed by atoms with van der Waals surface area (Å²) in [5, 5.41) is 1.31. The van der Waals surface area contributed by atoms with Gasteiger partial charge < -0.3 is 0 Å². The highest BCUT2D eigenvalue weighted by molar-refractivity contribution is 7.98. The fraction of sp³-hybridized carbons (Fsp3) is 0.143. The highest BCUT2D eigenvalue weighted by Crippen LogP contribution is 2.17. The minimum absolute atomic E-state index is 0.0276. The lowest BCUT2D eigenvalue weighted by atomic mass is 10.2. The van der Waals surface area contributed by atoms with E-state index in [9.17, 15) is 4.79 Å². The molecule has 6 heteroatoms. The van der Waals surface area contributed by atoms with Crippen LogP contribution in [0.15, 0.2) is 52.7 Å². The monoisotopic (exact) mass is 284 g/mol. The Bertz CT molecular complexity index is 801. The lowest BCUT2D eigenvalue weighted by Crippen LogP contribution is -2.21. The number of fused-ring (bicyclic) bond motifs is 1. The lowest BCUT2D eigenvalue weighted by Gasteiger charge is -2.08. The molecule has 0 aliphatic rings. The van der Waals surface area contributed by atoms with Crippen molar-refractivity contribution < 1.29 is 0 Å². The Hall–Kier alpha value is -2.21. The van der Waals surface area contributed by atoms with Crippen molar-refractivity contribution >= 4 is 22.7 Å². The Kier molecular flexibility index (Phi) is 3.47. The first kappa shape index (κ1) is 12.8. The van der Waals surface area contributed by atoms with Crippen LogP contribution in [0.4, 0.5) is 0 Å². The molecule has 1 aromatic carbocycles. The minimum atomic E-state index is -0.0276. The zero-order chi connectivity index (χ0) is 13.9. The van der Waals surface area contributed by atoms with Gasteiger partial charge in [0.25, 0.3) is 5.56 Å². The molecule has 0 saturated heterocycles. The molecule has 0 atom stereocenters. The second-order valence-electron chi connectivity index (χ2n) is 4.23. The summed E-state index contributed by atoms with van der Waals surface area (Å²) in [5.74, 6) is 1.27. The van der Waals surface area contributed by atoms with Gasteiger partial charge >= 0.3 is 0 Å². The van der Waals surface area contributed by atoms with Gasteiger partial charge in [-0.2, -0.15) is 0 Å². The second-order valence-corrected chi connectivity index (χ2v) is 5.17. The van der Waals surface area contributed by atoms with E-state index in [1.54, 1.807) is 36.1 Å². The predicted molar refractivity (Wildman–Crippen MR) is 78.6 cm³/mol. The summed E-state index contributed by atoms with van der Waals surface area (Å²) in [7, 11) is 1.74. The van der Waals surface area contributed by atoms with E-state index in [2.05, 4.69) is 15.0 Å². The number of nitrogens with zero attached hydrogens (tertiary/aromatic N) is 4. The third kappa shape index (κ3) is 2.42. The van der Waals surface area contributed by atoms with Crippen molar-refractivity contribution in [3.05, 3.63) is 58.9 Å². The molecular weight excluding hydrogens is 272 g/mol. The van der Waals surface area contributed by atoms with Gasteiger partial charge in [0.05, 0.1) is 16.7 Å². The highest BCUT2D eigenvalue weighted by atomic mass is 32.2. The van der Waals surface area contributed by atoms with Crippen molar-refractivity contribution in [2.24, 2.45) is 7.05 Å². The molecule has 20 heavy (non-hydrogen) atoms. The normalized spacial score (nSPS) is 10.8. The lowest BCUT2D eigenvalue weighted by molar-refractivity contribution is 0.784. The maximum absolute atomic E-state index is 12.2. The second kappa shape index (κ2) is 5.42. The Balaban J connectivity index is 1.96. The quantitative estimate of drug-likeness (QED) is 0.544. The van der Waals surface area contributed by atoms with Gasteiger partial charge in [0.1, 0.15) is 5.82 Å². The van der Waals surface area contributed by atoms with Crippen LogP contribution in [0, 0.1) is 0 Å². The number of hydrogen-bond acceptors (Lipinski definition) is 5. The molecule has 2 heterocycles. The van der Waals surface area contributed by atoms with Gasteiger partial charge in [-0.1, -0.05) is 23.9 Å². The number of hydrogen-bond donors (Lipinski definition) is 0. The molecule has 0 amide bonds. The van der Waals surface area contributed by atoms with Crippen LogP contribution in [-0.2, 0) is 12.8 Å². The summed E-state index contributed by atoms with van der Waals surface area (Å²) in [4.78, 5) is 25.1. The summed E-state index contributed by atoms with van der Waals surface area (Å²) in [6.45, 7) is 0. The topological polar surface area (TPSA) is 60.7 Å². The summed E-state index contributed by atoms with van der Waals surface area (Å²) < 4.78 is 1.58. The van der Waals surface area contributed by atoms with Gasteiger partial charge in [0, 0.05) is 19.4 Å². The van der Waals surface area contributed by atoms with Crippen LogP contribution >= 0.6 is 11.8 Å². The van der Waals surface area contributed by atoms with E-state index >= 15 is 0 Å².